The molecule has 1 N–H and O–H groups in total. The van der Waals surface area contributed by atoms with Crippen LogP contribution >= 0.6 is 0 Å². The number of rotatable bonds is 6. The summed E-state index contributed by atoms with van der Waals surface area (Å²) in [6, 6.07) is -0.516. The summed E-state index contributed by atoms with van der Waals surface area (Å²) < 4.78 is 2.12. The monoisotopic (exact) mass is 362 g/mol. The Hall–Kier alpha value is -2.45. The number of aromatic nitrogens is 3. The van der Waals surface area contributed by atoms with E-state index < -0.39 is 0 Å². The number of amides is 4. The third-order valence-corrected chi connectivity index (χ3v) is 4.92. The molecule has 0 bridgehead atoms. The molecule has 0 aliphatic carbocycles. The second-order valence-electron chi connectivity index (χ2n) is 7.01. The van der Waals surface area contributed by atoms with Gasteiger partial charge in [0.15, 0.2) is 5.82 Å². The highest BCUT2D eigenvalue weighted by molar-refractivity contribution is 6.01. The van der Waals surface area contributed by atoms with E-state index in [1.54, 1.807) is 7.05 Å². The van der Waals surface area contributed by atoms with Gasteiger partial charge in [-0.2, -0.15) is 0 Å². The summed E-state index contributed by atoms with van der Waals surface area (Å²) >= 11 is 0. The Labute approximate surface area is 152 Å². The van der Waals surface area contributed by atoms with Gasteiger partial charge in [0.2, 0.25) is 11.8 Å². The van der Waals surface area contributed by atoms with Crippen molar-refractivity contribution in [2.75, 3.05) is 20.1 Å². The Kier molecular flexibility index (Phi) is 5.53. The molecule has 142 valence electrons. The molecule has 3 heterocycles. The van der Waals surface area contributed by atoms with E-state index in [2.05, 4.69) is 20.1 Å². The molecule has 0 spiro atoms. The summed E-state index contributed by atoms with van der Waals surface area (Å²) in [5.74, 6) is 1.46. The zero-order chi connectivity index (χ0) is 18.7. The molecule has 1 saturated heterocycles. The van der Waals surface area contributed by atoms with Crippen LogP contribution in [0.5, 0.6) is 0 Å². The molecule has 2 aliphatic heterocycles. The van der Waals surface area contributed by atoms with Crippen LogP contribution in [0.15, 0.2) is 0 Å². The zero-order valence-corrected chi connectivity index (χ0v) is 15.4. The quantitative estimate of drug-likeness (QED) is 0.757. The Bertz CT molecular complexity index is 701. The third-order valence-electron chi connectivity index (χ3n) is 4.92. The number of nitrogens with one attached hydrogen (secondary N) is 1. The van der Waals surface area contributed by atoms with E-state index in [4.69, 9.17) is 0 Å². The summed E-state index contributed by atoms with van der Waals surface area (Å²) in [5, 5.41) is 11.5. The summed E-state index contributed by atoms with van der Waals surface area (Å²) in [6.45, 7) is 3.18. The van der Waals surface area contributed by atoms with Crippen molar-refractivity contribution < 1.29 is 14.4 Å². The van der Waals surface area contributed by atoms with Gasteiger partial charge in [0, 0.05) is 33.0 Å². The predicted molar refractivity (Wildman–Crippen MR) is 93.1 cm³/mol. The van der Waals surface area contributed by atoms with Crippen LogP contribution in [0.25, 0.3) is 0 Å². The highest BCUT2D eigenvalue weighted by Gasteiger charge is 2.33. The fourth-order valence-corrected chi connectivity index (χ4v) is 3.49. The van der Waals surface area contributed by atoms with Crippen molar-refractivity contribution in [2.45, 2.75) is 58.0 Å². The van der Waals surface area contributed by atoms with Gasteiger partial charge in [-0.25, -0.2) is 4.79 Å². The van der Waals surface area contributed by atoms with Gasteiger partial charge in [-0.1, -0.05) is 6.42 Å². The van der Waals surface area contributed by atoms with Crippen LogP contribution in [0.2, 0.25) is 0 Å². The fraction of sp³-hybridized carbons (Fsp3) is 0.706. The lowest BCUT2D eigenvalue weighted by molar-refractivity contribution is -0.126. The first-order valence-corrected chi connectivity index (χ1v) is 9.24. The fourth-order valence-electron chi connectivity index (χ4n) is 3.49. The van der Waals surface area contributed by atoms with Crippen molar-refractivity contribution in [3.8, 4) is 0 Å². The minimum atomic E-state index is -0.296. The van der Waals surface area contributed by atoms with Gasteiger partial charge in [-0.3, -0.25) is 14.5 Å². The number of carbonyl (C=O) groups excluding carboxylic acids is 3. The normalized spacial score (nSPS) is 18.7. The van der Waals surface area contributed by atoms with Gasteiger partial charge in [0.05, 0.1) is 6.04 Å². The van der Waals surface area contributed by atoms with Crippen molar-refractivity contribution in [1.82, 2.24) is 29.9 Å². The molecule has 0 radical (unpaired) electrons. The van der Waals surface area contributed by atoms with E-state index >= 15 is 0 Å². The summed E-state index contributed by atoms with van der Waals surface area (Å²) in [4.78, 5) is 38.3. The second-order valence-corrected chi connectivity index (χ2v) is 7.01. The minimum Gasteiger partial charge on any atom is -0.346 e. The van der Waals surface area contributed by atoms with E-state index in [9.17, 15) is 14.4 Å². The molecule has 0 unspecified atom stereocenters. The maximum atomic E-state index is 12.2. The molecule has 26 heavy (non-hydrogen) atoms. The molecule has 1 atom stereocenters. The minimum absolute atomic E-state index is 0.111. The van der Waals surface area contributed by atoms with Crippen LogP contribution in [0, 0.1) is 0 Å². The zero-order valence-electron chi connectivity index (χ0n) is 15.4. The number of hydrogen-bond donors (Lipinski definition) is 1. The van der Waals surface area contributed by atoms with Crippen molar-refractivity contribution >= 4 is 17.8 Å². The van der Waals surface area contributed by atoms with Gasteiger partial charge < -0.3 is 14.8 Å². The topological polar surface area (TPSA) is 100 Å². The lowest BCUT2D eigenvalue weighted by atomic mass is 10.2. The molecule has 0 saturated carbocycles. The SMILES string of the molecule is C[C@@H](NC(=O)CCCN1C(=O)CN(C)C1=O)c1nnc2n1CCCCC2. The first-order valence-electron chi connectivity index (χ1n) is 9.24. The van der Waals surface area contributed by atoms with E-state index in [0.29, 0.717) is 6.42 Å². The molecule has 9 nitrogen and oxygen atoms in total. The third kappa shape index (κ3) is 3.86. The van der Waals surface area contributed by atoms with Gasteiger partial charge in [-0.15, -0.1) is 10.2 Å². The Balaban J connectivity index is 1.48. The summed E-state index contributed by atoms with van der Waals surface area (Å²) in [7, 11) is 1.59. The number of likely N-dealkylation sites (N-methyl/N-ethyl adjacent to an activating group) is 1. The molecule has 2 aliphatic rings. The lowest BCUT2D eigenvalue weighted by Gasteiger charge is -2.16. The average molecular weight is 362 g/mol. The van der Waals surface area contributed by atoms with Crippen LogP contribution < -0.4 is 5.32 Å². The van der Waals surface area contributed by atoms with Crippen LogP contribution in [0.4, 0.5) is 4.79 Å². The first-order chi connectivity index (χ1) is 12.5. The molecule has 1 aromatic rings. The van der Waals surface area contributed by atoms with Crippen molar-refractivity contribution in [3.63, 3.8) is 0 Å². The molecular formula is C17H26N6O3. The number of aryl methyl sites for hydroxylation is 1. The molecule has 4 amide bonds. The van der Waals surface area contributed by atoms with Crippen molar-refractivity contribution in [2.24, 2.45) is 0 Å². The molecule has 1 fully saturated rings. The summed E-state index contributed by atoms with van der Waals surface area (Å²) in [5.41, 5.74) is 0. The predicted octanol–water partition coefficient (Wildman–Crippen LogP) is 0.856. The number of imide groups is 1. The Morgan fingerprint density at radius 3 is 2.77 bits per heavy atom. The number of urea groups is 1. The lowest BCUT2D eigenvalue weighted by Crippen LogP contribution is -2.34. The van der Waals surface area contributed by atoms with Gasteiger partial charge >= 0.3 is 6.03 Å². The van der Waals surface area contributed by atoms with E-state index in [-0.39, 0.29) is 43.4 Å². The summed E-state index contributed by atoms with van der Waals surface area (Å²) in [6.07, 6.45) is 5.05. The van der Waals surface area contributed by atoms with E-state index in [0.717, 1.165) is 37.5 Å². The highest BCUT2D eigenvalue weighted by Crippen LogP contribution is 2.18. The largest absolute Gasteiger partial charge is 0.346 e. The molecule has 9 heteroatoms. The van der Waals surface area contributed by atoms with Gasteiger partial charge in [-0.05, 0) is 26.2 Å². The first kappa shape index (κ1) is 18.3. The molecular weight excluding hydrogens is 336 g/mol. The highest BCUT2D eigenvalue weighted by atomic mass is 16.2. The van der Waals surface area contributed by atoms with Gasteiger partial charge in [0.25, 0.3) is 0 Å². The molecule has 3 rings (SSSR count). The average Bonchev–Trinajstić information content (AvgIpc) is 2.99. The van der Waals surface area contributed by atoms with Crippen LogP contribution in [-0.2, 0) is 22.6 Å². The standard InChI is InChI=1S/C17H26N6O3/c1-12(16-20-19-13-7-4-3-5-9-22(13)16)18-14(24)8-6-10-23-15(25)11-21(2)17(23)26/h12H,3-11H2,1-2H3,(H,18,24)/t12-/m1/s1. The Morgan fingerprint density at radius 2 is 2.04 bits per heavy atom. The Morgan fingerprint density at radius 1 is 1.23 bits per heavy atom. The second kappa shape index (κ2) is 7.84. The van der Waals surface area contributed by atoms with E-state index in [1.165, 1.54) is 16.2 Å². The molecule has 0 aromatic carbocycles. The smallest absolute Gasteiger partial charge is 0.326 e. The van der Waals surface area contributed by atoms with Crippen LogP contribution in [0.3, 0.4) is 0 Å². The van der Waals surface area contributed by atoms with Crippen molar-refractivity contribution in [1.29, 1.82) is 0 Å². The number of nitrogens with zero attached hydrogens (tertiary/aromatic N) is 5. The van der Waals surface area contributed by atoms with E-state index in [1.807, 2.05) is 6.92 Å². The van der Waals surface area contributed by atoms with Gasteiger partial charge in [0.1, 0.15) is 12.4 Å². The van der Waals surface area contributed by atoms with Crippen LogP contribution in [-0.4, -0.2) is 62.5 Å². The molecule has 1 aromatic heterocycles. The number of carbonyl (C=O) groups is 3. The number of hydrogen-bond acceptors (Lipinski definition) is 5. The van der Waals surface area contributed by atoms with Crippen LogP contribution in [0.1, 0.15) is 56.7 Å². The maximum absolute atomic E-state index is 12.2. The van der Waals surface area contributed by atoms with Crippen molar-refractivity contribution in [3.05, 3.63) is 11.6 Å². The maximum Gasteiger partial charge on any atom is 0.326 e. The number of fused-ring (bicyclic) bond motifs is 1.